The van der Waals surface area contributed by atoms with Crippen LogP contribution in [0, 0.1) is 31.6 Å². The number of hydrogen-bond acceptors (Lipinski definition) is 5. The molecule has 0 aliphatic carbocycles. The van der Waals surface area contributed by atoms with E-state index in [0.717, 1.165) is 23.1 Å². The lowest BCUT2D eigenvalue weighted by Crippen LogP contribution is -2.57. The van der Waals surface area contributed by atoms with Crippen LogP contribution in [0.1, 0.15) is 30.0 Å². The van der Waals surface area contributed by atoms with E-state index in [2.05, 4.69) is 17.6 Å². The number of thioether (sulfide) groups is 1. The number of carbonyl (C=O) groups excluding carboxylic acids is 3. The number of amides is 3. The van der Waals surface area contributed by atoms with Gasteiger partial charge in [0.2, 0.25) is 17.7 Å². The molecular formula is C29H35N3O4S. The number of aliphatic hydroxyl groups excluding tert-OH is 1. The van der Waals surface area contributed by atoms with E-state index in [1.54, 1.807) is 23.7 Å². The first kappa shape index (κ1) is 25.8. The van der Waals surface area contributed by atoms with Gasteiger partial charge >= 0.3 is 0 Å². The molecule has 3 N–H and O–H groups in total. The molecule has 3 fully saturated rings. The fourth-order valence-corrected chi connectivity index (χ4v) is 9.24. The third-order valence-corrected chi connectivity index (χ3v) is 10.6. The number of nitrogens with one attached hydrogen (secondary N) is 2. The zero-order valence-corrected chi connectivity index (χ0v) is 22.5. The summed E-state index contributed by atoms with van der Waals surface area (Å²) in [5, 5.41) is 16.4. The van der Waals surface area contributed by atoms with Gasteiger partial charge < -0.3 is 20.6 Å². The van der Waals surface area contributed by atoms with Crippen LogP contribution in [0.25, 0.3) is 0 Å². The number of benzene rings is 2. The van der Waals surface area contributed by atoms with E-state index in [1.165, 1.54) is 0 Å². The topological polar surface area (TPSA) is 98.7 Å². The Hall–Kier alpha value is -2.84. The van der Waals surface area contributed by atoms with Gasteiger partial charge in [-0.2, -0.15) is 0 Å². The summed E-state index contributed by atoms with van der Waals surface area (Å²) in [7, 11) is 1.60. The Kier molecular flexibility index (Phi) is 6.83. The van der Waals surface area contributed by atoms with Gasteiger partial charge in [0.15, 0.2) is 0 Å². The molecule has 0 radical (unpaired) electrons. The summed E-state index contributed by atoms with van der Waals surface area (Å²) in [6.07, 6.45) is 1.20. The molecule has 0 aromatic heterocycles. The molecule has 3 heterocycles. The normalized spacial score (nSPS) is 30.8. The Bertz CT molecular complexity index is 1220. The van der Waals surface area contributed by atoms with Crippen molar-refractivity contribution in [3.63, 3.8) is 0 Å². The van der Waals surface area contributed by atoms with Gasteiger partial charge in [-0.05, 0) is 55.4 Å². The molecule has 3 unspecified atom stereocenters. The van der Waals surface area contributed by atoms with Crippen LogP contribution in [0.15, 0.2) is 48.5 Å². The predicted molar refractivity (Wildman–Crippen MR) is 145 cm³/mol. The third kappa shape index (κ3) is 4.05. The Morgan fingerprint density at radius 3 is 2.57 bits per heavy atom. The second-order valence-corrected chi connectivity index (χ2v) is 12.3. The molecule has 3 amide bonds. The Morgan fingerprint density at radius 2 is 1.89 bits per heavy atom. The standard InChI is InChI=1S/C29H35N3O4S/c1-16-10-11-17(2)21(12-16)31-27(35)25-29-18(3)13-22(37-29)23(26(34)30-4)24(29)28(36)32(25)20(15-33)14-19-8-6-5-7-9-19/h5-12,18,20,22-25,33H,13-15H2,1-4H3,(H,30,34)(H,31,35)/t18?,20-,22-,23+,24+,25?,29?/m1/s1. The van der Waals surface area contributed by atoms with Crippen molar-refractivity contribution in [2.24, 2.45) is 17.8 Å². The molecule has 2 bridgehead atoms. The lowest BCUT2D eigenvalue weighted by Gasteiger charge is -2.40. The zero-order valence-electron chi connectivity index (χ0n) is 21.7. The highest BCUT2D eigenvalue weighted by Crippen LogP contribution is 2.68. The number of nitrogens with zero attached hydrogens (tertiary/aromatic N) is 1. The summed E-state index contributed by atoms with van der Waals surface area (Å²) >= 11 is 1.64. The largest absolute Gasteiger partial charge is 0.394 e. The van der Waals surface area contributed by atoms with Crippen molar-refractivity contribution in [1.29, 1.82) is 0 Å². The molecule has 3 aliphatic rings. The minimum atomic E-state index is -0.801. The van der Waals surface area contributed by atoms with Crippen LogP contribution in [0.4, 0.5) is 5.69 Å². The summed E-state index contributed by atoms with van der Waals surface area (Å²) in [4.78, 5) is 43.2. The zero-order chi connectivity index (χ0) is 26.5. The summed E-state index contributed by atoms with van der Waals surface area (Å²) in [6.45, 7) is 5.74. The number of aryl methyl sites for hydroxylation is 2. The maximum absolute atomic E-state index is 14.3. The van der Waals surface area contributed by atoms with Crippen molar-refractivity contribution >= 4 is 35.2 Å². The fourth-order valence-electron chi connectivity index (χ4n) is 6.83. The highest BCUT2D eigenvalue weighted by atomic mass is 32.2. The average molecular weight is 522 g/mol. The first-order chi connectivity index (χ1) is 17.7. The van der Waals surface area contributed by atoms with Gasteiger partial charge in [0.1, 0.15) is 6.04 Å². The minimum Gasteiger partial charge on any atom is -0.394 e. The van der Waals surface area contributed by atoms with Gasteiger partial charge in [-0.1, -0.05) is 49.4 Å². The molecule has 196 valence electrons. The molecule has 7 atom stereocenters. The molecule has 0 saturated carbocycles. The summed E-state index contributed by atoms with van der Waals surface area (Å²) < 4.78 is -0.731. The third-order valence-electron chi connectivity index (χ3n) is 8.55. The Morgan fingerprint density at radius 1 is 1.16 bits per heavy atom. The van der Waals surface area contributed by atoms with Crippen molar-refractivity contribution in [3.05, 3.63) is 65.2 Å². The van der Waals surface area contributed by atoms with E-state index < -0.39 is 28.7 Å². The predicted octanol–water partition coefficient (Wildman–Crippen LogP) is 2.93. The first-order valence-electron chi connectivity index (χ1n) is 13.0. The number of carbonyl (C=O) groups is 3. The van der Waals surface area contributed by atoms with Crippen LogP contribution in [0.3, 0.4) is 0 Å². The van der Waals surface area contributed by atoms with E-state index in [4.69, 9.17) is 0 Å². The van der Waals surface area contributed by atoms with Crippen molar-refractivity contribution in [3.8, 4) is 0 Å². The number of fused-ring (bicyclic) bond motifs is 1. The van der Waals surface area contributed by atoms with Gasteiger partial charge in [-0.15, -0.1) is 11.8 Å². The number of aliphatic hydroxyl groups is 1. The lowest BCUT2D eigenvalue weighted by molar-refractivity contribution is -0.142. The van der Waals surface area contributed by atoms with Crippen molar-refractivity contribution in [2.45, 2.75) is 55.7 Å². The van der Waals surface area contributed by atoms with Gasteiger partial charge in [-0.25, -0.2) is 0 Å². The lowest BCUT2D eigenvalue weighted by atomic mass is 9.66. The first-order valence-corrected chi connectivity index (χ1v) is 13.8. The molecule has 2 aromatic rings. The molecule has 37 heavy (non-hydrogen) atoms. The van der Waals surface area contributed by atoms with Crippen LogP contribution in [-0.2, 0) is 20.8 Å². The molecule has 7 nitrogen and oxygen atoms in total. The molecule has 2 aromatic carbocycles. The molecule has 3 aliphatic heterocycles. The van der Waals surface area contributed by atoms with Gasteiger partial charge in [0.05, 0.1) is 29.2 Å². The van der Waals surface area contributed by atoms with E-state index in [-0.39, 0.29) is 35.5 Å². The van der Waals surface area contributed by atoms with Crippen molar-refractivity contribution in [2.75, 3.05) is 19.0 Å². The second kappa shape index (κ2) is 9.80. The van der Waals surface area contributed by atoms with Gasteiger partial charge in [-0.3, -0.25) is 14.4 Å². The smallest absolute Gasteiger partial charge is 0.248 e. The van der Waals surface area contributed by atoms with Crippen molar-refractivity contribution in [1.82, 2.24) is 10.2 Å². The maximum Gasteiger partial charge on any atom is 0.248 e. The van der Waals surface area contributed by atoms with E-state index in [1.807, 2.05) is 62.4 Å². The van der Waals surface area contributed by atoms with Crippen LogP contribution in [0.2, 0.25) is 0 Å². The molecule has 1 spiro atoms. The fraction of sp³-hybridized carbons (Fsp3) is 0.483. The highest BCUT2D eigenvalue weighted by molar-refractivity contribution is 8.02. The summed E-state index contributed by atoms with van der Waals surface area (Å²) in [5.74, 6) is -1.64. The van der Waals surface area contributed by atoms with E-state index in [9.17, 15) is 19.5 Å². The number of likely N-dealkylation sites (tertiary alicyclic amines) is 1. The molecule has 8 heteroatoms. The SMILES string of the molecule is CNC(=O)[C@@H]1[C@H]2C(=O)N([C@@H](CO)Cc3ccccc3)C(C(=O)Nc3cc(C)ccc3C)C23S[C@@H]1CC3C. The van der Waals surface area contributed by atoms with E-state index >= 15 is 0 Å². The van der Waals surface area contributed by atoms with Crippen molar-refractivity contribution < 1.29 is 19.5 Å². The highest BCUT2D eigenvalue weighted by Gasteiger charge is 2.76. The summed E-state index contributed by atoms with van der Waals surface area (Å²) in [5.41, 5.74) is 3.66. The second-order valence-electron chi connectivity index (χ2n) is 10.7. The minimum absolute atomic E-state index is 0.0104. The Labute approximate surface area is 222 Å². The maximum atomic E-state index is 14.3. The monoisotopic (exact) mass is 521 g/mol. The molecule has 5 rings (SSSR count). The van der Waals surface area contributed by atoms with Crippen LogP contribution in [-0.4, -0.2) is 63.5 Å². The quantitative estimate of drug-likeness (QED) is 0.521. The van der Waals surface area contributed by atoms with Crippen LogP contribution < -0.4 is 10.6 Å². The van der Waals surface area contributed by atoms with Crippen LogP contribution >= 0.6 is 11.8 Å². The number of anilines is 1. The summed E-state index contributed by atoms with van der Waals surface area (Å²) in [6, 6.07) is 14.2. The number of rotatable bonds is 7. The Balaban J connectivity index is 1.59. The number of hydrogen-bond donors (Lipinski definition) is 3. The molecule has 3 saturated heterocycles. The van der Waals surface area contributed by atoms with Crippen LogP contribution in [0.5, 0.6) is 0 Å². The molecular weight excluding hydrogens is 486 g/mol. The van der Waals surface area contributed by atoms with E-state index in [0.29, 0.717) is 12.1 Å². The van der Waals surface area contributed by atoms with Gasteiger partial charge in [0, 0.05) is 18.0 Å². The average Bonchev–Trinajstić information content (AvgIpc) is 3.48. The van der Waals surface area contributed by atoms with Gasteiger partial charge in [0.25, 0.3) is 0 Å².